The second-order valence-electron chi connectivity index (χ2n) is 11.2. The number of anilines is 2. The van der Waals surface area contributed by atoms with Crippen LogP contribution in [0.3, 0.4) is 0 Å². The Balaban J connectivity index is 1.21. The van der Waals surface area contributed by atoms with Crippen LogP contribution in [0.2, 0.25) is 0 Å². The Labute approximate surface area is 217 Å². The monoisotopic (exact) mass is 505 g/mol. The molecule has 196 valence electrons. The average Bonchev–Trinajstić information content (AvgIpc) is 3.52. The van der Waals surface area contributed by atoms with Gasteiger partial charge in [0.2, 0.25) is 0 Å². The Morgan fingerprint density at radius 1 is 1.16 bits per heavy atom. The first-order valence-electron chi connectivity index (χ1n) is 13.3. The Hall–Kier alpha value is -3.17. The van der Waals surface area contributed by atoms with Gasteiger partial charge in [-0.15, -0.1) is 0 Å². The number of likely N-dealkylation sites (tertiary alicyclic amines) is 2. The van der Waals surface area contributed by atoms with Crippen molar-refractivity contribution in [3.63, 3.8) is 0 Å². The highest BCUT2D eigenvalue weighted by Gasteiger charge is 2.42. The van der Waals surface area contributed by atoms with Crippen molar-refractivity contribution in [2.45, 2.75) is 63.9 Å². The van der Waals surface area contributed by atoms with E-state index in [4.69, 9.17) is 15.2 Å². The molecular formula is C28H35N5O4. The second-order valence-corrected chi connectivity index (χ2v) is 11.2. The highest BCUT2D eigenvalue weighted by molar-refractivity contribution is 6.39. The third kappa shape index (κ3) is 4.44. The van der Waals surface area contributed by atoms with Crippen LogP contribution in [0.5, 0.6) is 5.75 Å². The lowest BCUT2D eigenvalue weighted by Gasteiger charge is -2.38. The molecule has 0 bridgehead atoms. The summed E-state index contributed by atoms with van der Waals surface area (Å²) in [4.78, 5) is 34.9. The molecule has 37 heavy (non-hydrogen) atoms. The summed E-state index contributed by atoms with van der Waals surface area (Å²) in [6.45, 7) is 5.45. The van der Waals surface area contributed by atoms with Gasteiger partial charge in [0.05, 0.1) is 31.1 Å². The number of ether oxygens (including phenoxy) is 2. The molecule has 2 saturated heterocycles. The minimum absolute atomic E-state index is 0.110. The zero-order valence-electron chi connectivity index (χ0n) is 21.6. The van der Waals surface area contributed by atoms with Gasteiger partial charge in [0.25, 0.3) is 0 Å². The lowest BCUT2D eigenvalue weighted by molar-refractivity contribution is -0.146. The summed E-state index contributed by atoms with van der Waals surface area (Å²) in [7, 11) is 2.16. The Kier molecular flexibility index (Phi) is 6.07. The summed E-state index contributed by atoms with van der Waals surface area (Å²) in [6.07, 6.45) is 6.28. The molecule has 9 heteroatoms. The lowest BCUT2D eigenvalue weighted by Crippen LogP contribution is -2.46. The molecule has 1 spiro atoms. The van der Waals surface area contributed by atoms with E-state index in [2.05, 4.69) is 47.4 Å². The fourth-order valence-electron chi connectivity index (χ4n) is 6.29. The molecule has 2 aromatic rings. The van der Waals surface area contributed by atoms with Gasteiger partial charge in [-0.2, -0.15) is 0 Å². The lowest BCUT2D eigenvalue weighted by atomic mass is 9.85. The maximum atomic E-state index is 13.5. The average molecular weight is 506 g/mol. The Morgan fingerprint density at radius 2 is 1.95 bits per heavy atom. The molecule has 2 atom stereocenters. The number of carbonyl (C=O) groups excluding carboxylic acids is 2. The SMILES string of the molecule is CC1CCC(c2ccc3c(c2)CC2(CCN(C)CC2)O3)N(C(=O)C(=O)Nc2cnc(N)c3c2COC3)C1. The standard InChI is InChI=1S/C28H35N5O4/c1-17-3-5-23(18-4-6-24-19(11-18)12-28(37-24)7-9-32(2)10-8-28)33(14-17)27(35)26(34)31-22-13-30-25(29)21-16-36-15-20(21)22/h4,6,11,13,17,23H,3,5,7-10,12,14-16H2,1-2H3,(H2,29,30)(H,31,34). The van der Waals surface area contributed by atoms with Gasteiger partial charge in [-0.1, -0.05) is 13.0 Å². The van der Waals surface area contributed by atoms with Crippen LogP contribution < -0.4 is 15.8 Å². The van der Waals surface area contributed by atoms with Crippen LogP contribution in [0.1, 0.15) is 60.9 Å². The van der Waals surface area contributed by atoms with Crippen molar-refractivity contribution >= 4 is 23.3 Å². The number of aromatic nitrogens is 1. The maximum absolute atomic E-state index is 13.5. The van der Waals surface area contributed by atoms with E-state index in [1.807, 2.05) is 0 Å². The Bertz CT molecular complexity index is 1240. The molecule has 4 aliphatic heterocycles. The first-order valence-corrected chi connectivity index (χ1v) is 13.3. The van der Waals surface area contributed by atoms with Gasteiger partial charge >= 0.3 is 11.8 Å². The quantitative estimate of drug-likeness (QED) is 0.604. The molecule has 2 fully saturated rings. The molecule has 9 nitrogen and oxygen atoms in total. The molecule has 0 saturated carbocycles. The van der Waals surface area contributed by atoms with Crippen molar-refractivity contribution in [1.82, 2.24) is 14.8 Å². The number of carbonyl (C=O) groups is 2. The zero-order valence-corrected chi connectivity index (χ0v) is 21.6. The van der Waals surface area contributed by atoms with Gasteiger partial charge in [0.1, 0.15) is 17.2 Å². The number of amides is 2. The fraction of sp³-hybridized carbons (Fsp3) is 0.536. The summed E-state index contributed by atoms with van der Waals surface area (Å²) < 4.78 is 12.0. The predicted octanol–water partition coefficient (Wildman–Crippen LogP) is 3.03. The molecule has 4 aliphatic rings. The summed E-state index contributed by atoms with van der Waals surface area (Å²) in [5, 5.41) is 2.79. The van der Waals surface area contributed by atoms with Crippen molar-refractivity contribution < 1.29 is 19.1 Å². The highest BCUT2D eigenvalue weighted by Crippen LogP contribution is 2.43. The molecule has 0 aliphatic carbocycles. The normalized spacial score (nSPS) is 24.4. The number of rotatable bonds is 2. The first kappa shape index (κ1) is 24.2. The number of piperidine rings is 2. The van der Waals surface area contributed by atoms with Gasteiger partial charge in [-0.05, 0) is 49.1 Å². The van der Waals surface area contributed by atoms with Crippen LogP contribution in [0, 0.1) is 5.92 Å². The van der Waals surface area contributed by atoms with Gasteiger partial charge < -0.3 is 30.3 Å². The summed E-state index contributed by atoms with van der Waals surface area (Å²) in [6, 6.07) is 6.18. The smallest absolute Gasteiger partial charge is 0.313 e. The van der Waals surface area contributed by atoms with E-state index in [0.717, 1.165) is 67.6 Å². The number of benzene rings is 1. The minimum atomic E-state index is -0.658. The largest absolute Gasteiger partial charge is 0.487 e. The molecule has 0 radical (unpaired) electrons. The van der Waals surface area contributed by atoms with E-state index in [1.165, 1.54) is 11.8 Å². The van der Waals surface area contributed by atoms with Gasteiger partial charge in [0.15, 0.2) is 0 Å². The fourth-order valence-corrected chi connectivity index (χ4v) is 6.29. The zero-order chi connectivity index (χ0) is 25.7. The van der Waals surface area contributed by atoms with E-state index in [0.29, 0.717) is 37.2 Å². The van der Waals surface area contributed by atoms with Crippen molar-refractivity contribution in [3.8, 4) is 5.75 Å². The van der Waals surface area contributed by atoms with Crippen LogP contribution in [-0.2, 0) is 34.0 Å². The first-order chi connectivity index (χ1) is 17.8. The molecule has 1 aromatic carbocycles. The van der Waals surface area contributed by atoms with Crippen LogP contribution in [0.15, 0.2) is 24.4 Å². The van der Waals surface area contributed by atoms with E-state index in [-0.39, 0.29) is 11.6 Å². The number of nitrogen functional groups attached to an aromatic ring is 1. The van der Waals surface area contributed by atoms with Crippen molar-refractivity contribution in [2.75, 3.05) is 37.7 Å². The maximum Gasteiger partial charge on any atom is 0.313 e. The molecule has 6 rings (SSSR count). The van der Waals surface area contributed by atoms with E-state index >= 15 is 0 Å². The van der Waals surface area contributed by atoms with E-state index in [1.54, 1.807) is 4.90 Å². The number of fused-ring (bicyclic) bond motifs is 2. The van der Waals surface area contributed by atoms with Crippen molar-refractivity contribution in [1.29, 1.82) is 0 Å². The van der Waals surface area contributed by atoms with Crippen molar-refractivity contribution in [3.05, 3.63) is 46.6 Å². The van der Waals surface area contributed by atoms with Gasteiger partial charge in [0, 0.05) is 50.0 Å². The van der Waals surface area contributed by atoms with Gasteiger partial charge in [-0.25, -0.2) is 4.98 Å². The third-order valence-electron chi connectivity index (χ3n) is 8.55. The van der Waals surface area contributed by atoms with E-state index < -0.39 is 11.8 Å². The minimum Gasteiger partial charge on any atom is -0.487 e. The summed E-state index contributed by atoms with van der Waals surface area (Å²) >= 11 is 0. The van der Waals surface area contributed by atoms with Crippen LogP contribution in [0.4, 0.5) is 11.5 Å². The van der Waals surface area contributed by atoms with Crippen molar-refractivity contribution in [2.24, 2.45) is 5.92 Å². The summed E-state index contributed by atoms with van der Waals surface area (Å²) in [5.74, 6) is 0.493. The number of pyridine rings is 1. The highest BCUT2D eigenvalue weighted by atomic mass is 16.5. The topological polar surface area (TPSA) is 110 Å². The molecule has 1 aromatic heterocycles. The second kappa shape index (κ2) is 9.29. The van der Waals surface area contributed by atoms with Crippen LogP contribution in [-0.4, -0.2) is 58.9 Å². The number of hydrogen-bond donors (Lipinski definition) is 2. The Morgan fingerprint density at radius 3 is 2.76 bits per heavy atom. The van der Waals surface area contributed by atoms with E-state index in [9.17, 15) is 9.59 Å². The van der Waals surface area contributed by atoms with Gasteiger partial charge in [-0.3, -0.25) is 9.59 Å². The predicted molar refractivity (Wildman–Crippen MR) is 139 cm³/mol. The molecule has 5 heterocycles. The van der Waals surface area contributed by atoms with Crippen LogP contribution in [0.25, 0.3) is 0 Å². The molecular weight excluding hydrogens is 470 g/mol. The molecule has 3 N–H and O–H groups in total. The number of nitrogens with zero attached hydrogens (tertiary/aromatic N) is 3. The number of hydrogen-bond acceptors (Lipinski definition) is 7. The number of nitrogens with two attached hydrogens (primary N) is 1. The third-order valence-corrected chi connectivity index (χ3v) is 8.55. The van der Waals surface area contributed by atoms with Crippen LogP contribution >= 0.6 is 0 Å². The molecule has 2 unspecified atom stereocenters. The molecule has 2 amide bonds. The summed E-state index contributed by atoms with van der Waals surface area (Å²) in [5.41, 5.74) is 10.2. The number of nitrogens with one attached hydrogen (secondary N) is 1.